The Morgan fingerprint density at radius 3 is 2.56 bits per heavy atom. The van der Waals surface area contributed by atoms with E-state index < -0.39 is 11.6 Å². The van der Waals surface area contributed by atoms with Gasteiger partial charge in [-0.3, -0.25) is 0 Å². The standard InChI is InChI=1S/C14H13F2NO/c1-9-6-12(4-5-14(9)18)17-8-10-2-3-11(15)7-13(10)16/h2-7,17-18H,8H2,1H3. The van der Waals surface area contributed by atoms with Gasteiger partial charge in [-0.25, -0.2) is 8.78 Å². The highest BCUT2D eigenvalue weighted by atomic mass is 19.1. The molecule has 0 aliphatic carbocycles. The van der Waals surface area contributed by atoms with Crippen LogP contribution in [0.3, 0.4) is 0 Å². The molecular weight excluding hydrogens is 236 g/mol. The molecule has 0 fully saturated rings. The van der Waals surface area contributed by atoms with E-state index in [1.54, 1.807) is 25.1 Å². The van der Waals surface area contributed by atoms with Crippen molar-refractivity contribution in [1.29, 1.82) is 0 Å². The molecule has 2 aromatic rings. The van der Waals surface area contributed by atoms with Crippen molar-refractivity contribution >= 4 is 5.69 Å². The third kappa shape index (κ3) is 2.77. The second-order valence-electron chi connectivity index (χ2n) is 4.09. The van der Waals surface area contributed by atoms with Crippen LogP contribution in [-0.2, 0) is 6.54 Å². The van der Waals surface area contributed by atoms with Crippen LogP contribution in [0.15, 0.2) is 36.4 Å². The first kappa shape index (κ1) is 12.4. The van der Waals surface area contributed by atoms with E-state index in [4.69, 9.17) is 0 Å². The highest BCUT2D eigenvalue weighted by Crippen LogP contribution is 2.21. The van der Waals surface area contributed by atoms with Gasteiger partial charge in [0.05, 0.1) is 0 Å². The van der Waals surface area contributed by atoms with Crippen LogP contribution in [0.5, 0.6) is 5.75 Å². The first-order chi connectivity index (χ1) is 8.56. The third-order valence-electron chi connectivity index (χ3n) is 2.69. The first-order valence-electron chi connectivity index (χ1n) is 5.53. The summed E-state index contributed by atoms with van der Waals surface area (Å²) in [5.74, 6) is -0.941. The lowest BCUT2D eigenvalue weighted by Gasteiger charge is -2.09. The molecule has 2 aromatic carbocycles. The smallest absolute Gasteiger partial charge is 0.131 e. The van der Waals surface area contributed by atoms with Crippen LogP contribution in [0.25, 0.3) is 0 Å². The third-order valence-corrected chi connectivity index (χ3v) is 2.69. The summed E-state index contributed by atoms with van der Waals surface area (Å²) >= 11 is 0. The number of phenolic OH excluding ortho intramolecular Hbond substituents is 1. The summed E-state index contributed by atoms with van der Waals surface area (Å²) in [5, 5.41) is 12.4. The van der Waals surface area contributed by atoms with Gasteiger partial charge in [0.2, 0.25) is 0 Å². The topological polar surface area (TPSA) is 32.3 Å². The summed E-state index contributed by atoms with van der Waals surface area (Å²) in [6, 6.07) is 8.52. The Bertz CT molecular complexity index is 570. The van der Waals surface area contributed by atoms with Gasteiger partial charge in [-0.05, 0) is 36.8 Å². The number of hydrogen-bond acceptors (Lipinski definition) is 2. The maximum atomic E-state index is 13.4. The van der Waals surface area contributed by atoms with Crippen molar-refractivity contribution in [3.05, 3.63) is 59.2 Å². The molecule has 0 aliphatic heterocycles. The second-order valence-corrected chi connectivity index (χ2v) is 4.09. The lowest BCUT2D eigenvalue weighted by molar-refractivity contribution is 0.471. The van der Waals surface area contributed by atoms with E-state index in [2.05, 4.69) is 5.32 Å². The Kier molecular flexibility index (Phi) is 3.46. The van der Waals surface area contributed by atoms with E-state index in [1.807, 2.05) is 0 Å². The van der Waals surface area contributed by atoms with Gasteiger partial charge in [0.1, 0.15) is 17.4 Å². The molecule has 0 aromatic heterocycles. The number of aryl methyl sites for hydroxylation is 1. The maximum absolute atomic E-state index is 13.4. The lowest BCUT2D eigenvalue weighted by Crippen LogP contribution is -2.02. The van der Waals surface area contributed by atoms with Gasteiger partial charge in [-0.1, -0.05) is 6.07 Å². The predicted molar refractivity (Wildman–Crippen MR) is 66.5 cm³/mol. The quantitative estimate of drug-likeness (QED) is 0.815. The zero-order valence-electron chi connectivity index (χ0n) is 9.87. The van der Waals surface area contributed by atoms with E-state index >= 15 is 0 Å². The second kappa shape index (κ2) is 5.04. The van der Waals surface area contributed by atoms with Crippen LogP contribution in [0.1, 0.15) is 11.1 Å². The maximum Gasteiger partial charge on any atom is 0.131 e. The summed E-state index contributed by atoms with van der Waals surface area (Å²) in [6.45, 7) is 2.04. The molecule has 0 radical (unpaired) electrons. The van der Waals surface area contributed by atoms with Gasteiger partial charge in [0, 0.05) is 23.9 Å². The molecule has 0 saturated carbocycles. The highest BCUT2D eigenvalue weighted by Gasteiger charge is 2.04. The molecule has 0 spiro atoms. The van der Waals surface area contributed by atoms with Gasteiger partial charge in [-0.2, -0.15) is 0 Å². The van der Waals surface area contributed by atoms with Crippen molar-refractivity contribution in [3.8, 4) is 5.75 Å². The van der Waals surface area contributed by atoms with Crippen LogP contribution in [0.2, 0.25) is 0 Å². The minimum absolute atomic E-state index is 0.216. The first-order valence-corrected chi connectivity index (χ1v) is 5.53. The van der Waals surface area contributed by atoms with Crippen molar-refractivity contribution < 1.29 is 13.9 Å². The minimum Gasteiger partial charge on any atom is -0.508 e. The fourth-order valence-electron chi connectivity index (χ4n) is 1.63. The molecule has 94 valence electrons. The lowest BCUT2D eigenvalue weighted by atomic mass is 10.1. The average Bonchev–Trinajstić information content (AvgIpc) is 2.32. The van der Waals surface area contributed by atoms with E-state index in [0.29, 0.717) is 5.56 Å². The van der Waals surface area contributed by atoms with E-state index in [0.717, 1.165) is 17.3 Å². The van der Waals surface area contributed by atoms with Crippen molar-refractivity contribution in [2.45, 2.75) is 13.5 Å². The zero-order valence-corrected chi connectivity index (χ0v) is 9.87. The number of phenols is 1. The largest absolute Gasteiger partial charge is 0.508 e. The molecule has 2 N–H and O–H groups in total. The molecule has 0 heterocycles. The summed E-state index contributed by atoms with van der Waals surface area (Å²) in [4.78, 5) is 0. The van der Waals surface area contributed by atoms with Gasteiger partial charge < -0.3 is 10.4 Å². The van der Waals surface area contributed by atoms with Gasteiger partial charge >= 0.3 is 0 Å². The predicted octanol–water partition coefficient (Wildman–Crippen LogP) is 3.59. The van der Waals surface area contributed by atoms with Gasteiger partial charge in [-0.15, -0.1) is 0 Å². The molecule has 0 saturated heterocycles. The molecule has 2 nitrogen and oxygen atoms in total. The SMILES string of the molecule is Cc1cc(NCc2ccc(F)cc2F)ccc1O. The van der Waals surface area contributed by atoms with Gasteiger partial charge in [0.25, 0.3) is 0 Å². The molecule has 0 bridgehead atoms. The highest BCUT2D eigenvalue weighted by molar-refractivity contribution is 5.50. The van der Waals surface area contributed by atoms with Crippen LogP contribution in [-0.4, -0.2) is 5.11 Å². The fraction of sp³-hybridized carbons (Fsp3) is 0.143. The van der Waals surface area contributed by atoms with Crippen molar-refractivity contribution in [1.82, 2.24) is 0 Å². The van der Waals surface area contributed by atoms with Crippen molar-refractivity contribution in [2.24, 2.45) is 0 Å². The van der Waals surface area contributed by atoms with E-state index in [9.17, 15) is 13.9 Å². The number of hydrogen-bond donors (Lipinski definition) is 2. The van der Waals surface area contributed by atoms with Crippen molar-refractivity contribution in [2.75, 3.05) is 5.32 Å². The molecule has 0 atom stereocenters. The molecule has 2 rings (SSSR count). The Labute approximate surface area is 104 Å². The number of nitrogens with one attached hydrogen (secondary N) is 1. The van der Waals surface area contributed by atoms with Crippen LogP contribution >= 0.6 is 0 Å². The number of rotatable bonds is 3. The molecular formula is C14H13F2NO. The monoisotopic (exact) mass is 249 g/mol. The number of anilines is 1. The fourth-order valence-corrected chi connectivity index (χ4v) is 1.63. The Hall–Kier alpha value is -2.10. The number of aromatic hydroxyl groups is 1. The minimum atomic E-state index is -0.586. The molecule has 4 heteroatoms. The zero-order chi connectivity index (χ0) is 13.1. The van der Waals surface area contributed by atoms with Crippen LogP contribution in [0, 0.1) is 18.6 Å². The summed E-state index contributed by atoms with van der Waals surface area (Å²) in [5.41, 5.74) is 1.90. The molecule has 0 amide bonds. The van der Waals surface area contributed by atoms with Gasteiger partial charge in [0.15, 0.2) is 0 Å². The Morgan fingerprint density at radius 2 is 1.89 bits per heavy atom. The number of benzene rings is 2. The Balaban J connectivity index is 2.09. The van der Waals surface area contributed by atoms with E-state index in [1.165, 1.54) is 12.1 Å². The number of halogens is 2. The van der Waals surface area contributed by atoms with Crippen LogP contribution < -0.4 is 5.32 Å². The molecule has 0 aliphatic rings. The summed E-state index contributed by atoms with van der Waals surface area (Å²) in [7, 11) is 0. The van der Waals surface area contributed by atoms with Crippen molar-refractivity contribution in [3.63, 3.8) is 0 Å². The van der Waals surface area contributed by atoms with E-state index in [-0.39, 0.29) is 12.3 Å². The molecule has 18 heavy (non-hydrogen) atoms. The summed E-state index contributed by atoms with van der Waals surface area (Å²) in [6.07, 6.45) is 0. The Morgan fingerprint density at radius 1 is 1.11 bits per heavy atom. The van der Waals surface area contributed by atoms with Crippen LogP contribution in [0.4, 0.5) is 14.5 Å². The molecule has 0 unspecified atom stereocenters. The normalized spacial score (nSPS) is 10.4. The average molecular weight is 249 g/mol. The summed E-state index contributed by atoms with van der Waals surface area (Å²) < 4.78 is 26.1.